The summed E-state index contributed by atoms with van der Waals surface area (Å²) in [6.45, 7) is 0.435. The lowest BCUT2D eigenvalue weighted by atomic mass is 10.1. The third kappa shape index (κ3) is 4.20. The zero-order valence-electron chi connectivity index (χ0n) is 11.7. The molecule has 122 valence electrons. The number of likely N-dealkylation sites (tertiary alicyclic amines) is 1. The number of nitrogens with zero attached hydrogens (tertiary/aromatic N) is 1. The van der Waals surface area contributed by atoms with E-state index in [1.165, 1.54) is 17.0 Å². The van der Waals surface area contributed by atoms with Gasteiger partial charge >= 0.3 is 6.18 Å². The maximum absolute atomic E-state index is 12.7. The molecule has 0 aromatic heterocycles. The number of nitrogens with one attached hydrogen (secondary N) is 1. The summed E-state index contributed by atoms with van der Waals surface area (Å²) in [6.07, 6.45) is -3.07. The largest absolute Gasteiger partial charge is 0.416 e. The van der Waals surface area contributed by atoms with Gasteiger partial charge in [-0.1, -0.05) is 6.07 Å². The first kappa shape index (κ1) is 16.8. The number of hydrogen-bond donors (Lipinski definition) is 1. The lowest BCUT2D eigenvalue weighted by Gasteiger charge is -2.17. The molecule has 2 rings (SSSR count). The van der Waals surface area contributed by atoms with E-state index in [1.54, 1.807) is 0 Å². The predicted octanol–water partition coefficient (Wildman–Crippen LogP) is 1.47. The van der Waals surface area contributed by atoms with Crippen molar-refractivity contribution >= 4 is 15.9 Å². The Morgan fingerprint density at radius 1 is 1.36 bits per heavy atom. The lowest BCUT2D eigenvalue weighted by molar-refractivity contribution is -0.137. The molecule has 9 heteroatoms. The van der Waals surface area contributed by atoms with E-state index in [0.717, 1.165) is 18.4 Å². The van der Waals surface area contributed by atoms with Crippen molar-refractivity contribution in [3.05, 3.63) is 35.4 Å². The topological polar surface area (TPSA) is 66.5 Å². The van der Waals surface area contributed by atoms with Crippen LogP contribution in [0.25, 0.3) is 0 Å². The Morgan fingerprint density at radius 2 is 2.05 bits per heavy atom. The van der Waals surface area contributed by atoms with E-state index in [4.69, 9.17) is 0 Å². The molecule has 0 spiro atoms. The minimum atomic E-state index is -4.51. The summed E-state index contributed by atoms with van der Waals surface area (Å²) in [5.74, 6) is -0.538. The van der Waals surface area contributed by atoms with Crippen LogP contribution < -0.4 is 4.72 Å². The average molecular weight is 336 g/mol. The summed E-state index contributed by atoms with van der Waals surface area (Å²) in [7, 11) is -3.38. The van der Waals surface area contributed by atoms with Gasteiger partial charge in [0, 0.05) is 24.7 Å². The minimum Gasteiger partial charge on any atom is -0.337 e. The van der Waals surface area contributed by atoms with Crippen LogP contribution in [-0.4, -0.2) is 44.6 Å². The first-order chi connectivity index (χ1) is 10.1. The SMILES string of the molecule is CS(=O)(=O)N[C@H]1CCN(C(=O)c2cccc(C(F)(F)F)c2)C1. The van der Waals surface area contributed by atoms with Gasteiger partial charge in [0.25, 0.3) is 5.91 Å². The predicted molar refractivity (Wildman–Crippen MR) is 73.7 cm³/mol. The van der Waals surface area contributed by atoms with Gasteiger partial charge in [0.1, 0.15) is 0 Å². The zero-order chi connectivity index (χ0) is 16.5. The van der Waals surface area contributed by atoms with E-state index in [-0.39, 0.29) is 12.1 Å². The van der Waals surface area contributed by atoms with E-state index in [0.29, 0.717) is 13.0 Å². The minimum absolute atomic E-state index is 0.0603. The van der Waals surface area contributed by atoms with Gasteiger partial charge in [-0.25, -0.2) is 13.1 Å². The molecule has 5 nitrogen and oxygen atoms in total. The van der Waals surface area contributed by atoms with Crippen LogP contribution in [0.1, 0.15) is 22.3 Å². The summed E-state index contributed by atoms with van der Waals surface area (Å²) in [6, 6.07) is 3.78. The molecule has 1 atom stereocenters. The summed E-state index contributed by atoms with van der Waals surface area (Å²) in [5.41, 5.74) is -0.946. The molecule has 0 unspecified atom stereocenters. The van der Waals surface area contributed by atoms with E-state index >= 15 is 0 Å². The van der Waals surface area contributed by atoms with Gasteiger partial charge in [0.05, 0.1) is 11.8 Å². The summed E-state index contributed by atoms with van der Waals surface area (Å²) in [4.78, 5) is 13.6. The summed E-state index contributed by atoms with van der Waals surface area (Å²) < 4.78 is 62.7. The Hall–Kier alpha value is -1.61. The second-order valence-electron chi connectivity index (χ2n) is 5.21. The van der Waals surface area contributed by atoms with E-state index in [2.05, 4.69) is 4.72 Å². The van der Waals surface area contributed by atoms with Gasteiger partial charge in [0.2, 0.25) is 10.0 Å². The van der Waals surface area contributed by atoms with Gasteiger partial charge in [0.15, 0.2) is 0 Å². The van der Waals surface area contributed by atoms with Crippen molar-refractivity contribution in [2.75, 3.05) is 19.3 Å². The number of hydrogen-bond acceptors (Lipinski definition) is 3. The van der Waals surface area contributed by atoms with Crippen LogP contribution in [0, 0.1) is 0 Å². The second-order valence-corrected chi connectivity index (χ2v) is 6.99. The molecule has 0 bridgehead atoms. The van der Waals surface area contributed by atoms with Crippen molar-refractivity contribution in [1.29, 1.82) is 0 Å². The smallest absolute Gasteiger partial charge is 0.337 e. The molecule has 1 amide bonds. The van der Waals surface area contributed by atoms with Gasteiger partial charge in [-0.3, -0.25) is 4.79 Å². The average Bonchev–Trinajstić information content (AvgIpc) is 2.83. The van der Waals surface area contributed by atoms with Gasteiger partial charge in [-0.2, -0.15) is 13.2 Å². The van der Waals surface area contributed by atoms with Crippen molar-refractivity contribution < 1.29 is 26.4 Å². The normalized spacial score (nSPS) is 19.5. The lowest BCUT2D eigenvalue weighted by Crippen LogP contribution is -2.37. The van der Waals surface area contributed by atoms with Crippen LogP contribution in [0.4, 0.5) is 13.2 Å². The molecule has 22 heavy (non-hydrogen) atoms. The second kappa shape index (κ2) is 5.88. The maximum atomic E-state index is 12.7. The van der Waals surface area contributed by atoms with Crippen LogP contribution in [-0.2, 0) is 16.2 Å². The third-order valence-corrected chi connectivity index (χ3v) is 4.05. The molecule has 0 saturated carbocycles. The van der Waals surface area contributed by atoms with Crippen LogP contribution in [0.2, 0.25) is 0 Å². The quantitative estimate of drug-likeness (QED) is 0.909. The molecule has 0 aliphatic carbocycles. The molecule has 1 aliphatic rings. The Morgan fingerprint density at radius 3 is 2.64 bits per heavy atom. The number of rotatable bonds is 3. The molecule has 1 aromatic carbocycles. The van der Waals surface area contributed by atoms with Crippen LogP contribution in [0.15, 0.2) is 24.3 Å². The number of benzene rings is 1. The molecule has 1 aromatic rings. The molecular formula is C13H15F3N2O3S. The van der Waals surface area contributed by atoms with Gasteiger partial charge in [-0.05, 0) is 24.6 Å². The standard InChI is InChI=1S/C13H15F3N2O3S/c1-22(20,21)17-11-5-6-18(8-11)12(19)9-3-2-4-10(7-9)13(14,15)16/h2-4,7,11,17H,5-6,8H2,1H3/t11-/m0/s1. The Labute approximate surface area is 126 Å². The van der Waals surface area contributed by atoms with E-state index < -0.39 is 33.7 Å². The highest BCUT2D eigenvalue weighted by atomic mass is 32.2. The van der Waals surface area contributed by atoms with Crippen LogP contribution in [0.5, 0.6) is 0 Å². The van der Waals surface area contributed by atoms with Gasteiger partial charge in [-0.15, -0.1) is 0 Å². The van der Waals surface area contributed by atoms with Crippen LogP contribution in [0.3, 0.4) is 0 Å². The van der Waals surface area contributed by atoms with Crippen molar-refractivity contribution in [1.82, 2.24) is 9.62 Å². The highest BCUT2D eigenvalue weighted by Gasteiger charge is 2.32. The van der Waals surface area contributed by atoms with E-state index in [9.17, 15) is 26.4 Å². The number of alkyl halides is 3. The number of amides is 1. The highest BCUT2D eigenvalue weighted by molar-refractivity contribution is 7.88. The maximum Gasteiger partial charge on any atom is 0.416 e. The molecule has 0 radical (unpaired) electrons. The fraction of sp³-hybridized carbons (Fsp3) is 0.462. The van der Waals surface area contributed by atoms with Crippen LogP contribution >= 0.6 is 0 Å². The zero-order valence-corrected chi connectivity index (χ0v) is 12.5. The van der Waals surface area contributed by atoms with Crippen molar-refractivity contribution in [3.8, 4) is 0 Å². The fourth-order valence-corrected chi connectivity index (χ4v) is 3.15. The molecular weight excluding hydrogens is 321 g/mol. The highest BCUT2D eigenvalue weighted by Crippen LogP contribution is 2.30. The Balaban J connectivity index is 2.10. The summed E-state index contributed by atoms with van der Waals surface area (Å²) in [5, 5.41) is 0. The first-order valence-corrected chi connectivity index (χ1v) is 8.39. The van der Waals surface area contributed by atoms with E-state index in [1.807, 2.05) is 0 Å². The number of sulfonamides is 1. The van der Waals surface area contributed by atoms with Crippen molar-refractivity contribution in [3.63, 3.8) is 0 Å². The third-order valence-electron chi connectivity index (χ3n) is 3.29. The number of halogens is 3. The van der Waals surface area contributed by atoms with Gasteiger partial charge < -0.3 is 4.90 Å². The Kier molecular flexibility index (Phi) is 4.48. The fourth-order valence-electron chi connectivity index (χ4n) is 2.35. The molecule has 1 N–H and O–H groups in total. The monoisotopic (exact) mass is 336 g/mol. The molecule has 1 saturated heterocycles. The van der Waals surface area contributed by atoms with Crippen molar-refractivity contribution in [2.45, 2.75) is 18.6 Å². The number of carbonyl (C=O) groups is 1. The summed E-state index contributed by atoms with van der Waals surface area (Å²) >= 11 is 0. The van der Waals surface area contributed by atoms with Crippen molar-refractivity contribution in [2.24, 2.45) is 0 Å². The first-order valence-electron chi connectivity index (χ1n) is 6.50. The molecule has 1 heterocycles. The Bertz CT molecular complexity index is 673. The number of carbonyl (C=O) groups excluding carboxylic acids is 1. The molecule has 1 aliphatic heterocycles. The molecule has 1 fully saturated rings.